The SMILES string of the molecule is NC(Cc1ccc(OCCCCCCNC(=O)CNc2cc(C(=O)NCC(O)CN3CCc4ccccc4C3)ncn2)cc1)C(=O)N1C/C(=C\c2ccc(Cl)c(Cl)c2)C(=O)/C(=C/c2ccc(Cl)c(Cl)c2)C1. The van der Waals surface area contributed by atoms with Crippen LogP contribution in [0.3, 0.4) is 0 Å². The summed E-state index contributed by atoms with van der Waals surface area (Å²) in [5.74, 6) is -0.132. The average molecular weight is 1040 g/mol. The molecule has 0 spiro atoms. The van der Waals surface area contributed by atoms with Crippen LogP contribution in [-0.4, -0.2) is 113 Å². The van der Waals surface area contributed by atoms with Crippen molar-refractivity contribution in [2.45, 2.75) is 57.2 Å². The number of ketones is 1. The number of unbranched alkanes of at least 4 members (excludes halogenated alkanes) is 3. The molecule has 3 amide bonds. The van der Waals surface area contributed by atoms with Crippen molar-refractivity contribution in [3.05, 3.63) is 162 Å². The highest BCUT2D eigenvalue weighted by atomic mass is 35.5. The normalized spacial score (nSPS) is 15.8. The van der Waals surface area contributed by atoms with Crippen LogP contribution in [0.25, 0.3) is 12.2 Å². The predicted molar refractivity (Wildman–Crippen MR) is 280 cm³/mol. The number of aromatic nitrogens is 2. The molecule has 0 radical (unpaired) electrons. The zero-order valence-corrected chi connectivity index (χ0v) is 42.0. The number of hydrogen-bond acceptors (Lipinski definition) is 11. The second-order valence-electron chi connectivity index (χ2n) is 17.5. The van der Waals surface area contributed by atoms with Crippen LogP contribution in [0.5, 0.6) is 5.75 Å². The maximum Gasteiger partial charge on any atom is 0.270 e. The Balaban J connectivity index is 0.775. The molecule has 6 N–H and O–H groups in total. The van der Waals surface area contributed by atoms with Gasteiger partial charge in [0.05, 0.1) is 45.4 Å². The summed E-state index contributed by atoms with van der Waals surface area (Å²) < 4.78 is 5.96. The summed E-state index contributed by atoms with van der Waals surface area (Å²) in [5, 5.41) is 20.6. The second kappa shape index (κ2) is 26.0. The number of aliphatic hydroxyl groups is 1. The number of ether oxygens (including phenoxy) is 1. The van der Waals surface area contributed by atoms with Gasteiger partial charge >= 0.3 is 0 Å². The van der Waals surface area contributed by atoms with Gasteiger partial charge in [-0.25, -0.2) is 9.97 Å². The molecule has 4 aromatic carbocycles. The Morgan fingerprint density at radius 1 is 0.775 bits per heavy atom. The number of carbonyl (C=O) groups excluding carboxylic acids is 4. The van der Waals surface area contributed by atoms with E-state index in [1.165, 1.54) is 23.5 Å². The fraction of sp³-hybridized carbons (Fsp3) is 0.321. The zero-order chi connectivity index (χ0) is 50.3. The van der Waals surface area contributed by atoms with E-state index in [9.17, 15) is 24.3 Å². The number of likely N-dealkylation sites (tertiary alicyclic amines) is 1. The van der Waals surface area contributed by atoms with Crippen molar-refractivity contribution in [3.8, 4) is 5.75 Å². The maximum absolute atomic E-state index is 13.9. The van der Waals surface area contributed by atoms with Gasteiger partial charge in [-0.05, 0) is 102 Å². The number of rotatable bonds is 21. The van der Waals surface area contributed by atoms with Gasteiger partial charge in [0, 0.05) is 63.0 Å². The molecule has 2 aliphatic rings. The van der Waals surface area contributed by atoms with E-state index < -0.39 is 18.1 Å². The van der Waals surface area contributed by atoms with E-state index in [1.54, 1.807) is 53.5 Å². The van der Waals surface area contributed by atoms with Crippen LogP contribution in [0, 0.1) is 0 Å². The summed E-state index contributed by atoms with van der Waals surface area (Å²) in [6.45, 7) is 3.27. The largest absolute Gasteiger partial charge is 0.494 e. The van der Waals surface area contributed by atoms with Crippen molar-refractivity contribution in [1.82, 2.24) is 30.4 Å². The fourth-order valence-corrected chi connectivity index (χ4v) is 8.90. The topological polar surface area (TPSA) is 192 Å². The Hall–Kier alpha value is -5.84. The lowest BCUT2D eigenvalue weighted by Gasteiger charge is -2.32. The minimum absolute atomic E-state index is 0.0213. The van der Waals surface area contributed by atoms with Crippen LogP contribution in [-0.2, 0) is 33.8 Å². The minimum Gasteiger partial charge on any atom is -0.494 e. The van der Waals surface area contributed by atoms with E-state index in [0.717, 1.165) is 50.8 Å². The Labute approximate surface area is 433 Å². The van der Waals surface area contributed by atoms with Gasteiger partial charge in [-0.15, -0.1) is 0 Å². The summed E-state index contributed by atoms with van der Waals surface area (Å²) in [6.07, 6.45) is 8.56. The highest BCUT2D eigenvalue weighted by molar-refractivity contribution is 6.42. The van der Waals surface area contributed by atoms with E-state index in [2.05, 4.69) is 43.0 Å². The van der Waals surface area contributed by atoms with E-state index in [0.29, 0.717) is 73.6 Å². The number of aliphatic hydroxyl groups excluding tert-OH is 1. The Morgan fingerprint density at radius 2 is 1.44 bits per heavy atom. The predicted octanol–water partition coefficient (Wildman–Crippen LogP) is 7.86. The first-order chi connectivity index (χ1) is 34.3. The maximum atomic E-state index is 13.9. The molecule has 14 nitrogen and oxygen atoms in total. The molecule has 71 heavy (non-hydrogen) atoms. The molecule has 2 unspecified atom stereocenters. The number of anilines is 1. The molecular weight excluding hydrogens is 986 g/mol. The third-order valence-electron chi connectivity index (χ3n) is 12.1. The third kappa shape index (κ3) is 15.8. The number of nitrogens with two attached hydrogens (primary N) is 1. The molecule has 0 saturated carbocycles. The van der Waals surface area contributed by atoms with Gasteiger partial charge in [0.1, 0.15) is 23.6 Å². The lowest BCUT2D eigenvalue weighted by molar-refractivity contribution is -0.132. The summed E-state index contributed by atoms with van der Waals surface area (Å²) in [7, 11) is 0. The molecule has 372 valence electrons. The van der Waals surface area contributed by atoms with Gasteiger partial charge in [-0.2, -0.15) is 0 Å². The van der Waals surface area contributed by atoms with Gasteiger partial charge in [0.25, 0.3) is 5.91 Å². The number of β-amino-alcohol motifs (C(OH)–C–C–N with tert-alkyl or cyclic N) is 1. The summed E-state index contributed by atoms with van der Waals surface area (Å²) in [4.78, 5) is 64.8. The van der Waals surface area contributed by atoms with Crippen LogP contribution in [0.2, 0.25) is 20.1 Å². The molecule has 0 bridgehead atoms. The van der Waals surface area contributed by atoms with Gasteiger partial charge in [-0.1, -0.05) is 108 Å². The van der Waals surface area contributed by atoms with Crippen molar-refractivity contribution in [2.75, 3.05) is 57.7 Å². The van der Waals surface area contributed by atoms with Crippen LogP contribution >= 0.6 is 46.4 Å². The van der Waals surface area contributed by atoms with E-state index >= 15 is 0 Å². The molecule has 2 atom stereocenters. The quantitative estimate of drug-likeness (QED) is 0.0355. The molecule has 3 heterocycles. The fourth-order valence-electron chi connectivity index (χ4n) is 8.28. The first-order valence-electron chi connectivity index (χ1n) is 23.5. The van der Waals surface area contributed by atoms with Crippen LogP contribution in [0.1, 0.15) is 64.0 Å². The molecule has 1 aromatic heterocycles. The van der Waals surface area contributed by atoms with Crippen LogP contribution in [0.4, 0.5) is 5.82 Å². The molecule has 18 heteroatoms. The standard InChI is InChI=1S/C53H56Cl4N8O6/c54-43-15-11-35(23-45(43)56)21-39-30-65(31-40(51(39)68)22-36-12-16-44(55)46(57)24-36)53(70)47(58)25-34-9-13-42(14-10-34)71-20-6-2-1-5-18-59-50(67)28-60-49-26-48(62-33-63-49)52(69)61-27-41(66)32-64-19-17-37-7-3-4-8-38(37)29-64/h3-4,7-16,21-24,26,33,41,47,66H,1-2,5-6,17-20,25,27-32,58H2,(H,59,67)(H,61,69)(H,60,62,63)/b39-21+,40-22+. The minimum atomic E-state index is -0.873. The molecule has 7 rings (SSSR count). The van der Waals surface area contributed by atoms with E-state index in [-0.39, 0.29) is 55.9 Å². The molecule has 0 aliphatic carbocycles. The molecule has 1 saturated heterocycles. The first kappa shape index (κ1) is 53.0. The van der Waals surface area contributed by atoms with Gasteiger partial charge in [0.2, 0.25) is 11.8 Å². The molecule has 1 fully saturated rings. The highest BCUT2D eigenvalue weighted by Gasteiger charge is 2.32. The van der Waals surface area contributed by atoms with Crippen molar-refractivity contribution < 1.29 is 29.0 Å². The number of benzene rings is 4. The van der Waals surface area contributed by atoms with Crippen molar-refractivity contribution in [2.24, 2.45) is 5.73 Å². The smallest absolute Gasteiger partial charge is 0.270 e. The Kier molecular flexibility index (Phi) is 19.4. The summed E-state index contributed by atoms with van der Waals surface area (Å²) >= 11 is 24.8. The van der Waals surface area contributed by atoms with Crippen LogP contribution < -0.4 is 26.4 Å². The van der Waals surface area contributed by atoms with Crippen molar-refractivity contribution in [3.63, 3.8) is 0 Å². The number of amides is 3. The van der Waals surface area contributed by atoms with Crippen LogP contribution in [0.15, 0.2) is 108 Å². The number of nitrogens with one attached hydrogen (secondary N) is 3. The Bertz CT molecular complexity index is 2680. The molecule has 2 aliphatic heterocycles. The van der Waals surface area contributed by atoms with E-state index in [1.807, 2.05) is 36.4 Å². The van der Waals surface area contributed by atoms with Gasteiger partial charge < -0.3 is 36.4 Å². The summed E-state index contributed by atoms with van der Waals surface area (Å²) in [6, 6.07) is 26.5. The van der Waals surface area contributed by atoms with Gasteiger partial charge in [0.15, 0.2) is 5.78 Å². The molecular formula is C53H56Cl4N8O6. The number of hydrogen-bond donors (Lipinski definition) is 5. The number of Topliss-reactive ketones (excluding diaryl/α,β-unsaturated/α-hetero) is 1. The van der Waals surface area contributed by atoms with Gasteiger partial charge in [-0.3, -0.25) is 24.1 Å². The summed E-state index contributed by atoms with van der Waals surface area (Å²) in [5.41, 5.74) is 12.2. The average Bonchev–Trinajstić information content (AvgIpc) is 3.37. The van der Waals surface area contributed by atoms with Crippen molar-refractivity contribution in [1.29, 1.82) is 0 Å². The number of nitrogens with zero attached hydrogens (tertiary/aromatic N) is 4. The number of halogens is 4. The lowest BCUT2D eigenvalue weighted by Crippen LogP contribution is -2.49. The Morgan fingerprint density at radius 3 is 2.11 bits per heavy atom. The highest BCUT2D eigenvalue weighted by Crippen LogP contribution is 2.29. The third-order valence-corrected chi connectivity index (χ3v) is 13.5. The first-order valence-corrected chi connectivity index (χ1v) is 25.0. The number of piperidine rings is 1. The van der Waals surface area contributed by atoms with E-state index in [4.69, 9.17) is 56.9 Å². The molecule has 5 aromatic rings. The van der Waals surface area contributed by atoms with Crippen molar-refractivity contribution >= 4 is 87.9 Å². The second-order valence-corrected chi connectivity index (χ2v) is 19.2. The number of carbonyl (C=O) groups is 4. The number of fused-ring (bicyclic) bond motifs is 1. The zero-order valence-electron chi connectivity index (χ0n) is 39.0. The lowest BCUT2D eigenvalue weighted by atomic mass is 9.93. The monoisotopic (exact) mass is 1040 g/mol.